The van der Waals surface area contributed by atoms with Crippen LogP contribution in [0.4, 0.5) is 5.82 Å². The van der Waals surface area contributed by atoms with Gasteiger partial charge in [0.1, 0.15) is 5.82 Å². The summed E-state index contributed by atoms with van der Waals surface area (Å²) in [6.07, 6.45) is 7.56. The zero-order valence-corrected chi connectivity index (χ0v) is 19.1. The van der Waals surface area contributed by atoms with Crippen LogP contribution in [-0.2, 0) is 4.79 Å². The van der Waals surface area contributed by atoms with Gasteiger partial charge in [0.25, 0.3) is 0 Å². The molecule has 0 saturated carbocycles. The van der Waals surface area contributed by atoms with Gasteiger partial charge in [-0.3, -0.25) is 9.69 Å². The summed E-state index contributed by atoms with van der Waals surface area (Å²) in [7, 11) is 0. The minimum atomic E-state index is -0.810. The predicted octanol–water partition coefficient (Wildman–Crippen LogP) is 4.07. The molecule has 1 saturated heterocycles. The number of hydrogen-bond donors (Lipinski definition) is 2. The van der Waals surface area contributed by atoms with Gasteiger partial charge in [-0.2, -0.15) is 9.61 Å². The second-order valence-corrected chi connectivity index (χ2v) is 8.57. The summed E-state index contributed by atoms with van der Waals surface area (Å²) in [4.78, 5) is 18.2. The van der Waals surface area contributed by atoms with Crippen LogP contribution in [0, 0.1) is 13.8 Å². The van der Waals surface area contributed by atoms with Gasteiger partial charge in [0, 0.05) is 23.6 Å². The van der Waals surface area contributed by atoms with E-state index in [1.165, 1.54) is 0 Å². The zero-order valence-electron chi connectivity index (χ0n) is 19.1. The van der Waals surface area contributed by atoms with Gasteiger partial charge in [-0.25, -0.2) is 4.98 Å². The van der Waals surface area contributed by atoms with Crippen molar-refractivity contribution in [1.29, 1.82) is 0 Å². The van der Waals surface area contributed by atoms with E-state index < -0.39 is 5.97 Å². The number of aromatic nitrogens is 3. The zero-order chi connectivity index (χ0) is 23.5. The van der Waals surface area contributed by atoms with Crippen LogP contribution in [-0.4, -0.2) is 50.2 Å². The van der Waals surface area contributed by atoms with E-state index in [1.807, 2.05) is 30.0 Å². The van der Waals surface area contributed by atoms with Gasteiger partial charge < -0.3 is 10.8 Å². The molecule has 4 rings (SSSR count). The van der Waals surface area contributed by atoms with Crippen LogP contribution in [0.15, 0.2) is 48.8 Å². The number of rotatable bonds is 6. The summed E-state index contributed by atoms with van der Waals surface area (Å²) in [5, 5.41) is 13.7. The normalized spacial score (nSPS) is 17.2. The number of likely N-dealkylation sites (tertiary alicyclic amines) is 1. The van der Waals surface area contributed by atoms with Gasteiger partial charge in [-0.05, 0) is 62.1 Å². The minimum absolute atomic E-state index is 0.0403. The number of carboxylic acids is 1. The predicted molar refractivity (Wildman–Crippen MR) is 131 cm³/mol. The van der Waals surface area contributed by atoms with E-state index in [4.69, 9.17) is 10.7 Å². The lowest BCUT2D eigenvalue weighted by Gasteiger charge is -2.32. The molecule has 1 atom stereocenters. The van der Waals surface area contributed by atoms with E-state index in [0.29, 0.717) is 18.0 Å². The molecular formula is C26H29N5O2. The van der Waals surface area contributed by atoms with Gasteiger partial charge in [-0.1, -0.05) is 30.8 Å². The van der Waals surface area contributed by atoms with Crippen molar-refractivity contribution in [3.05, 3.63) is 76.8 Å². The highest BCUT2D eigenvalue weighted by atomic mass is 16.4. The number of hydrogen-bond acceptors (Lipinski definition) is 5. The Bertz CT molecular complexity index is 1280. The molecule has 0 radical (unpaired) electrons. The first-order chi connectivity index (χ1) is 15.9. The third kappa shape index (κ3) is 4.60. The molecular weight excluding hydrogens is 414 g/mol. The van der Waals surface area contributed by atoms with E-state index in [2.05, 4.69) is 42.5 Å². The second-order valence-electron chi connectivity index (χ2n) is 8.57. The number of fused-ring (bicyclic) bond motifs is 1. The molecule has 33 heavy (non-hydrogen) atoms. The van der Waals surface area contributed by atoms with Crippen LogP contribution >= 0.6 is 0 Å². The molecule has 0 aliphatic carbocycles. The quantitative estimate of drug-likeness (QED) is 0.440. The van der Waals surface area contributed by atoms with Gasteiger partial charge in [0.15, 0.2) is 5.65 Å². The van der Waals surface area contributed by atoms with E-state index in [9.17, 15) is 9.90 Å². The summed E-state index contributed by atoms with van der Waals surface area (Å²) >= 11 is 0. The lowest BCUT2D eigenvalue weighted by atomic mass is 9.92. The molecule has 3 aromatic rings. The number of aliphatic carboxylic acids is 1. The molecule has 0 bridgehead atoms. The summed E-state index contributed by atoms with van der Waals surface area (Å²) < 4.78 is 1.68. The van der Waals surface area contributed by atoms with E-state index in [1.54, 1.807) is 10.7 Å². The Hall–Kier alpha value is -3.67. The van der Waals surface area contributed by atoms with Gasteiger partial charge >= 0.3 is 5.97 Å². The smallest absolute Gasteiger partial charge is 0.317 e. The molecule has 1 aliphatic rings. The number of anilines is 1. The number of carbonyl (C=O) groups is 1. The van der Waals surface area contributed by atoms with Gasteiger partial charge in [0.05, 0.1) is 18.4 Å². The summed E-state index contributed by atoms with van der Waals surface area (Å²) in [5.74, 6) is -0.142. The molecule has 1 unspecified atom stereocenters. The fraction of sp³-hybridized carbons (Fsp3) is 0.308. The number of nitrogens with two attached hydrogens (primary N) is 1. The molecule has 170 valence electrons. The Balaban J connectivity index is 1.81. The maximum atomic E-state index is 11.2. The maximum Gasteiger partial charge on any atom is 0.317 e. The summed E-state index contributed by atoms with van der Waals surface area (Å²) in [6.45, 7) is 9.27. The third-order valence-corrected chi connectivity index (χ3v) is 6.29. The van der Waals surface area contributed by atoms with E-state index in [0.717, 1.165) is 52.9 Å². The van der Waals surface area contributed by atoms with Crippen LogP contribution in [0.25, 0.3) is 17.3 Å². The van der Waals surface area contributed by atoms with Crippen LogP contribution in [0.3, 0.4) is 0 Å². The Labute approximate surface area is 193 Å². The van der Waals surface area contributed by atoms with Crippen molar-refractivity contribution in [2.75, 3.05) is 25.4 Å². The topological polar surface area (TPSA) is 96.8 Å². The molecule has 0 spiro atoms. The SMILES string of the molecule is C=C=CC(=Cc1ccccc1C)c1cnn2c(N)c(C)c(C3CCCN(CC(=O)O)C3)nc12. The Morgan fingerprint density at radius 2 is 2.15 bits per heavy atom. The average molecular weight is 444 g/mol. The molecule has 1 aromatic carbocycles. The lowest BCUT2D eigenvalue weighted by Crippen LogP contribution is -2.38. The van der Waals surface area contributed by atoms with Crippen LogP contribution < -0.4 is 5.73 Å². The number of benzene rings is 1. The third-order valence-electron chi connectivity index (χ3n) is 6.29. The fourth-order valence-corrected chi connectivity index (χ4v) is 4.55. The van der Waals surface area contributed by atoms with Crippen molar-refractivity contribution in [2.45, 2.75) is 32.6 Å². The Morgan fingerprint density at radius 3 is 2.88 bits per heavy atom. The summed E-state index contributed by atoms with van der Waals surface area (Å²) in [6, 6.07) is 8.16. The number of carboxylic acid groups (broad SMARTS) is 1. The first-order valence-electron chi connectivity index (χ1n) is 11.1. The minimum Gasteiger partial charge on any atom is -0.480 e. The molecule has 1 fully saturated rings. The lowest BCUT2D eigenvalue weighted by molar-refractivity contribution is -0.138. The number of aryl methyl sites for hydroxylation is 1. The number of nitrogens with zero attached hydrogens (tertiary/aromatic N) is 4. The van der Waals surface area contributed by atoms with Crippen LogP contribution in [0.2, 0.25) is 0 Å². The molecule has 2 aromatic heterocycles. The molecule has 7 nitrogen and oxygen atoms in total. The van der Waals surface area contributed by atoms with Gasteiger partial charge in [-0.15, -0.1) is 5.73 Å². The molecule has 1 aliphatic heterocycles. The highest BCUT2D eigenvalue weighted by molar-refractivity contribution is 5.92. The average Bonchev–Trinajstić information content (AvgIpc) is 3.21. The standard InChI is InChI=1S/C26H29N5O2/c1-4-8-20(13-19-10-6-5-9-17(19)2)22-14-28-31-25(27)18(3)24(29-26(22)31)21-11-7-12-30(15-21)16-23(32)33/h5-6,8-10,13-14,21H,1,7,11-12,15-16,27H2,2-3H3,(H,32,33). The first kappa shape index (κ1) is 22.5. The fourth-order valence-electron chi connectivity index (χ4n) is 4.55. The van der Waals surface area contributed by atoms with Crippen LogP contribution in [0.5, 0.6) is 0 Å². The highest BCUT2D eigenvalue weighted by Crippen LogP contribution is 2.33. The molecule has 3 heterocycles. The molecule has 7 heteroatoms. The number of piperidine rings is 1. The molecule has 3 N–H and O–H groups in total. The Kier molecular flexibility index (Phi) is 6.45. The van der Waals surface area contributed by atoms with Crippen molar-refractivity contribution in [2.24, 2.45) is 0 Å². The van der Waals surface area contributed by atoms with Crippen LogP contribution in [0.1, 0.15) is 46.7 Å². The Morgan fingerprint density at radius 1 is 1.36 bits per heavy atom. The second kappa shape index (κ2) is 9.45. The highest BCUT2D eigenvalue weighted by Gasteiger charge is 2.27. The van der Waals surface area contributed by atoms with Crippen molar-refractivity contribution in [3.8, 4) is 0 Å². The number of nitrogen functional groups attached to an aromatic ring is 1. The van der Waals surface area contributed by atoms with Crippen molar-refractivity contribution in [3.63, 3.8) is 0 Å². The van der Waals surface area contributed by atoms with Crippen molar-refractivity contribution in [1.82, 2.24) is 19.5 Å². The van der Waals surface area contributed by atoms with Crippen molar-refractivity contribution < 1.29 is 9.90 Å². The largest absolute Gasteiger partial charge is 0.480 e. The van der Waals surface area contributed by atoms with E-state index >= 15 is 0 Å². The molecule has 0 amide bonds. The number of allylic oxidation sites excluding steroid dienone is 2. The maximum absolute atomic E-state index is 11.2. The first-order valence-corrected chi connectivity index (χ1v) is 11.1. The van der Waals surface area contributed by atoms with E-state index in [-0.39, 0.29) is 12.5 Å². The monoisotopic (exact) mass is 443 g/mol. The van der Waals surface area contributed by atoms with Crippen molar-refractivity contribution >= 4 is 29.1 Å². The summed E-state index contributed by atoms with van der Waals surface area (Å²) in [5.41, 5.74) is 15.9. The van der Waals surface area contributed by atoms with Gasteiger partial charge in [0.2, 0.25) is 0 Å².